The number of hydrogen-bond acceptors (Lipinski definition) is 4. The van der Waals surface area contributed by atoms with Gasteiger partial charge in [0.25, 0.3) is 0 Å². The Morgan fingerprint density at radius 2 is 2.33 bits per heavy atom. The molecule has 2 unspecified atom stereocenters. The number of hydrogen-bond donors (Lipinski definition) is 2. The molecule has 0 aromatic carbocycles. The molecule has 0 bridgehead atoms. The zero-order valence-electron chi connectivity index (χ0n) is 9.28. The van der Waals surface area contributed by atoms with Gasteiger partial charge in [-0.1, -0.05) is 6.92 Å². The molecule has 2 N–H and O–H groups in total. The largest absolute Gasteiger partial charge is 0.354 e. The van der Waals surface area contributed by atoms with Crippen LogP contribution in [0.25, 0.3) is 0 Å². The van der Waals surface area contributed by atoms with E-state index in [9.17, 15) is 4.79 Å². The number of carbonyl (C=O) groups is 1. The van der Waals surface area contributed by atoms with Gasteiger partial charge in [-0.25, -0.2) is 4.98 Å². The lowest BCUT2D eigenvalue weighted by Gasteiger charge is -2.13. The van der Waals surface area contributed by atoms with Gasteiger partial charge in [0.15, 0.2) is 0 Å². The maximum atomic E-state index is 11.5. The molecule has 0 radical (unpaired) electrons. The van der Waals surface area contributed by atoms with Crippen molar-refractivity contribution in [2.24, 2.45) is 0 Å². The molecule has 1 amide bonds. The van der Waals surface area contributed by atoms with Gasteiger partial charge in [0.05, 0.1) is 11.0 Å². The van der Waals surface area contributed by atoms with Crippen LogP contribution in [-0.2, 0) is 4.79 Å². The third-order valence-corrected chi connectivity index (χ3v) is 3.29. The highest BCUT2D eigenvalue weighted by Crippen LogP contribution is 2.16. The summed E-state index contributed by atoms with van der Waals surface area (Å²) in [6.45, 7) is 4.53. The molecule has 0 aliphatic rings. The lowest BCUT2D eigenvalue weighted by atomic mass is 10.2. The van der Waals surface area contributed by atoms with Gasteiger partial charge >= 0.3 is 0 Å². The van der Waals surface area contributed by atoms with Crippen LogP contribution in [0, 0.1) is 0 Å². The summed E-state index contributed by atoms with van der Waals surface area (Å²) in [5.74, 6) is 0.305. The number of rotatable bonds is 5. The fraction of sp³-hybridized carbons (Fsp3) is 0.600. The van der Waals surface area contributed by atoms with Crippen LogP contribution >= 0.6 is 11.3 Å². The lowest BCUT2D eigenvalue weighted by Crippen LogP contribution is -2.41. The second kappa shape index (κ2) is 5.82. The third kappa shape index (κ3) is 3.60. The van der Waals surface area contributed by atoms with Gasteiger partial charge in [-0.05, 0) is 14.0 Å². The molecule has 0 fully saturated rings. The maximum Gasteiger partial charge on any atom is 0.236 e. The van der Waals surface area contributed by atoms with E-state index in [-0.39, 0.29) is 17.9 Å². The van der Waals surface area contributed by atoms with E-state index < -0.39 is 0 Å². The molecule has 1 aromatic heterocycles. The first-order valence-electron chi connectivity index (χ1n) is 4.99. The second-order valence-corrected chi connectivity index (χ2v) is 4.45. The Bertz CT molecular complexity index is 300. The van der Waals surface area contributed by atoms with Crippen LogP contribution < -0.4 is 10.6 Å². The number of aromatic nitrogens is 1. The van der Waals surface area contributed by atoms with E-state index in [1.54, 1.807) is 24.6 Å². The van der Waals surface area contributed by atoms with Gasteiger partial charge in [-0.2, -0.15) is 0 Å². The molecule has 84 valence electrons. The Morgan fingerprint density at radius 1 is 1.60 bits per heavy atom. The minimum absolute atomic E-state index is 0.0286. The molecule has 4 nitrogen and oxygen atoms in total. The Hall–Kier alpha value is -0.940. The summed E-state index contributed by atoms with van der Waals surface area (Å²) in [6, 6.07) is -0.145. The van der Waals surface area contributed by atoms with Gasteiger partial charge in [0.1, 0.15) is 0 Å². The number of amides is 1. The van der Waals surface area contributed by atoms with E-state index in [2.05, 4.69) is 22.5 Å². The van der Waals surface area contributed by atoms with E-state index in [0.717, 1.165) is 5.01 Å². The Balaban J connectivity index is 2.34. The Morgan fingerprint density at radius 3 is 2.87 bits per heavy atom. The molecule has 1 aromatic rings. The quantitative estimate of drug-likeness (QED) is 0.788. The summed E-state index contributed by atoms with van der Waals surface area (Å²) in [6.07, 6.45) is 1.79. The summed E-state index contributed by atoms with van der Waals surface area (Å²) in [5, 5.41) is 8.80. The van der Waals surface area contributed by atoms with Gasteiger partial charge < -0.3 is 10.6 Å². The number of carbonyl (C=O) groups excluding carboxylic acids is 1. The summed E-state index contributed by atoms with van der Waals surface area (Å²) in [5.41, 5.74) is 0. The maximum absolute atomic E-state index is 11.5. The van der Waals surface area contributed by atoms with Gasteiger partial charge in [-0.15, -0.1) is 11.3 Å². The van der Waals surface area contributed by atoms with Gasteiger partial charge in [-0.3, -0.25) is 4.79 Å². The molecule has 1 heterocycles. The van der Waals surface area contributed by atoms with Gasteiger partial charge in [0.2, 0.25) is 5.91 Å². The predicted octanol–water partition coefficient (Wildman–Crippen LogP) is 0.971. The second-order valence-electron chi connectivity index (χ2n) is 3.53. The van der Waals surface area contributed by atoms with Crippen molar-refractivity contribution in [3.63, 3.8) is 0 Å². The van der Waals surface area contributed by atoms with E-state index in [4.69, 9.17) is 0 Å². The molecule has 15 heavy (non-hydrogen) atoms. The van der Waals surface area contributed by atoms with Crippen LogP contribution in [0.1, 0.15) is 24.8 Å². The molecule has 0 saturated carbocycles. The van der Waals surface area contributed by atoms with E-state index in [0.29, 0.717) is 6.54 Å². The van der Waals surface area contributed by atoms with Crippen molar-refractivity contribution in [2.45, 2.75) is 25.8 Å². The van der Waals surface area contributed by atoms with Crippen molar-refractivity contribution in [3.8, 4) is 0 Å². The van der Waals surface area contributed by atoms with Crippen molar-refractivity contribution in [1.29, 1.82) is 0 Å². The monoisotopic (exact) mass is 227 g/mol. The lowest BCUT2D eigenvalue weighted by molar-refractivity contribution is -0.122. The summed E-state index contributed by atoms with van der Waals surface area (Å²) >= 11 is 1.62. The average molecular weight is 227 g/mol. The molecular weight excluding hydrogens is 210 g/mol. The van der Waals surface area contributed by atoms with Gasteiger partial charge in [0, 0.05) is 24.0 Å². The minimum atomic E-state index is -0.145. The van der Waals surface area contributed by atoms with Crippen molar-refractivity contribution in [1.82, 2.24) is 15.6 Å². The SMILES string of the molecule is CNC(C)C(=O)NCC(C)c1nccs1. The van der Waals surface area contributed by atoms with Crippen LogP contribution in [0.15, 0.2) is 11.6 Å². The zero-order chi connectivity index (χ0) is 11.3. The minimum Gasteiger partial charge on any atom is -0.354 e. The molecule has 0 aliphatic heterocycles. The van der Waals surface area contributed by atoms with Crippen molar-refractivity contribution < 1.29 is 4.79 Å². The molecule has 5 heteroatoms. The number of nitrogens with zero attached hydrogens (tertiary/aromatic N) is 1. The Labute approximate surface area is 94.1 Å². The summed E-state index contributed by atoms with van der Waals surface area (Å²) < 4.78 is 0. The molecule has 2 atom stereocenters. The third-order valence-electron chi connectivity index (χ3n) is 2.28. The Kier molecular flexibility index (Phi) is 4.71. The predicted molar refractivity (Wildman–Crippen MR) is 62.1 cm³/mol. The topological polar surface area (TPSA) is 54.0 Å². The highest BCUT2D eigenvalue weighted by atomic mass is 32.1. The molecule has 1 rings (SSSR count). The molecular formula is C10H17N3OS. The average Bonchev–Trinajstić information content (AvgIpc) is 2.77. The fourth-order valence-electron chi connectivity index (χ4n) is 1.10. The van der Waals surface area contributed by atoms with Crippen LogP contribution in [-0.4, -0.2) is 30.5 Å². The van der Waals surface area contributed by atoms with Crippen molar-refractivity contribution in [2.75, 3.05) is 13.6 Å². The van der Waals surface area contributed by atoms with Crippen molar-refractivity contribution in [3.05, 3.63) is 16.6 Å². The smallest absolute Gasteiger partial charge is 0.236 e. The van der Waals surface area contributed by atoms with Crippen molar-refractivity contribution >= 4 is 17.2 Å². The van der Waals surface area contributed by atoms with Crippen LogP contribution in [0.3, 0.4) is 0 Å². The highest BCUT2D eigenvalue weighted by Gasteiger charge is 2.13. The molecule has 0 aliphatic carbocycles. The number of thiazole rings is 1. The first-order valence-corrected chi connectivity index (χ1v) is 5.87. The molecule has 0 saturated heterocycles. The summed E-state index contributed by atoms with van der Waals surface area (Å²) in [7, 11) is 1.77. The first-order chi connectivity index (χ1) is 7.15. The fourth-order valence-corrected chi connectivity index (χ4v) is 1.80. The first kappa shape index (κ1) is 12.1. The standard InChI is InChI=1S/C10H17N3OS/c1-7(10-12-4-5-15-10)6-13-9(14)8(2)11-3/h4-5,7-8,11H,6H2,1-3H3,(H,13,14). The summed E-state index contributed by atoms with van der Waals surface area (Å²) in [4.78, 5) is 15.7. The number of likely N-dealkylation sites (N-methyl/N-ethyl adjacent to an activating group) is 1. The van der Waals surface area contributed by atoms with E-state index >= 15 is 0 Å². The van der Waals surface area contributed by atoms with E-state index in [1.807, 2.05) is 12.3 Å². The van der Waals surface area contributed by atoms with Crippen LogP contribution in [0.5, 0.6) is 0 Å². The van der Waals surface area contributed by atoms with Crippen LogP contribution in [0.4, 0.5) is 0 Å². The zero-order valence-corrected chi connectivity index (χ0v) is 10.1. The van der Waals surface area contributed by atoms with Crippen LogP contribution in [0.2, 0.25) is 0 Å². The van der Waals surface area contributed by atoms with E-state index in [1.165, 1.54) is 0 Å². The highest BCUT2D eigenvalue weighted by molar-refractivity contribution is 7.09. The number of nitrogens with one attached hydrogen (secondary N) is 2. The normalized spacial score (nSPS) is 14.6. The molecule has 0 spiro atoms.